The largest absolute Gasteiger partial charge is 0.464 e. The van der Waals surface area contributed by atoms with Gasteiger partial charge in [0.1, 0.15) is 6.54 Å². The van der Waals surface area contributed by atoms with Gasteiger partial charge in [-0.15, -0.1) is 6.58 Å². The lowest BCUT2D eigenvalue weighted by molar-refractivity contribution is -0.143. The Kier molecular flexibility index (Phi) is 7.84. The Labute approximate surface area is 103 Å². The van der Waals surface area contributed by atoms with Crippen LogP contribution < -0.4 is 11.5 Å². The summed E-state index contributed by atoms with van der Waals surface area (Å²) in [7, 11) is 0. The molecule has 17 heavy (non-hydrogen) atoms. The Hall–Kier alpha value is -1.52. The standard InChI is InChI=1S/C12H23N3O2/c1-4-5-6-9(2)10(3)8-17-11(16)7-15-12(13)14/h4,9-10H,1,5-8H2,2-3H3,(H4,13,14,15). The van der Waals surface area contributed by atoms with Crippen LogP contribution in [-0.2, 0) is 9.53 Å². The molecule has 0 saturated carbocycles. The molecule has 0 amide bonds. The molecule has 2 atom stereocenters. The van der Waals surface area contributed by atoms with Crippen LogP contribution in [0.2, 0.25) is 0 Å². The highest BCUT2D eigenvalue weighted by Crippen LogP contribution is 2.17. The fourth-order valence-electron chi connectivity index (χ4n) is 1.26. The molecule has 0 saturated heterocycles. The minimum absolute atomic E-state index is 0.102. The highest BCUT2D eigenvalue weighted by atomic mass is 16.5. The van der Waals surface area contributed by atoms with E-state index >= 15 is 0 Å². The molecule has 5 nitrogen and oxygen atoms in total. The first-order valence-corrected chi connectivity index (χ1v) is 5.79. The van der Waals surface area contributed by atoms with Gasteiger partial charge in [-0.2, -0.15) is 0 Å². The van der Waals surface area contributed by atoms with Gasteiger partial charge in [-0.3, -0.25) is 4.79 Å². The van der Waals surface area contributed by atoms with Gasteiger partial charge in [-0.05, 0) is 24.7 Å². The maximum atomic E-state index is 11.2. The summed E-state index contributed by atoms with van der Waals surface area (Å²) in [4.78, 5) is 14.8. The number of hydrogen-bond donors (Lipinski definition) is 2. The molecule has 98 valence electrons. The molecule has 0 fully saturated rings. The van der Waals surface area contributed by atoms with E-state index in [-0.39, 0.29) is 12.5 Å². The molecule has 2 unspecified atom stereocenters. The summed E-state index contributed by atoms with van der Waals surface area (Å²) in [6.07, 6.45) is 3.93. The van der Waals surface area contributed by atoms with Crippen LogP contribution in [0.15, 0.2) is 17.6 Å². The Balaban J connectivity index is 3.82. The van der Waals surface area contributed by atoms with Crippen molar-refractivity contribution in [3.05, 3.63) is 12.7 Å². The molecule has 0 radical (unpaired) electrons. The van der Waals surface area contributed by atoms with Crippen molar-refractivity contribution >= 4 is 11.9 Å². The van der Waals surface area contributed by atoms with Gasteiger partial charge in [0.2, 0.25) is 0 Å². The van der Waals surface area contributed by atoms with Crippen LogP contribution in [0.25, 0.3) is 0 Å². The zero-order valence-corrected chi connectivity index (χ0v) is 10.7. The number of nitrogens with two attached hydrogens (primary N) is 2. The van der Waals surface area contributed by atoms with Crippen LogP contribution in [0.3, 0.4) is 0 Å². The van der Waals surface area contributed by atoms with Gasteiger partial charge in [0, 0.05) is 0 Å². The van der Waals surface area contributed by atoms with Gasteiger partial charge in [0.25, 0.3) is 0 Å². The second-order valence-electron chi connectivity index (χ2n) is 4.24. The van der Waals surface area contributed by atoms with Gasteiger partial charge in [0.05, 0.1) is 6.61 Å². The van der Waals surface area contributed by atoms with Crippen molar-refractivity contribution in [2.45, 2.75) is 26.7 Å². The van der Waals surface area contributed by atoms with Crippen LogP contribution in [0.1, 0.15) is 26.7 Å². The van der Waals surface area contributed by atoms with Crippen molar-refractivity contribution in [3.8, 4) is 0 Å². The predicted octanol–water partition coefficient (Wildman–Crippen LogP) is 1.04. The molecule has 0 spiro atoms. The summed E-state index contributed by atoms with van der Waals surface area (Å²) in [6.45, 7) is 8.16. The summed E-state index contributed by atoms with van der Waals surface area (Å²) < 4.78 is 5.07. The second kappa shape index (κ2) is 8.61. The first-order chi connectivity index (χ1) is 7.97. The Morgan fingerprint density at radius 3 is 2.59 bits per heavy atom. The van der Waals surface area contributed by atoms with Crippen LogP contribution in [0.4, 0.5) is 0 Å². The molecule has 0 bridgehead atoms. The zero-order chi connectivity index (χ0) is 13.3. The number of allylic oxidation sites excluding steroid dienone is 1. The summed E-state index contributed by atoms with van der Waals surface area (Å²) >= 11 is 0. The average Bonchev–Trinajstić information content (AvgIpc) is 2.30. The minimum Gasteiger partial charge on any atom is -0.464 e. The maximum Gasteiger partial charge on any atom is 0.327 e. The van der Waals surface area contributed by atoms with Crippen molar-refractivity contribution in [2.75, 3.05) is 13.2 Å². The van der Waals surface area contributed by atoms with E-state index in [1.54, 1.807) is 0 Å². The number of carbonyl (C=O) groups is 1. The van der Waals surface area contributed by atoms with Crippen LogP contribution >= 0.6 is 0 Å². The van der Waals surface area contributed by atoms with Crippen molar-refractivity contribution in [2.24, 2.45) is 28.3 Å². The summed E-state index contributed by atoms with van der Waals surface area (Å²) in [6, 6.07) is 0. The summed E-state index contributed by atoms with van der Waals surface area (Å²) in [5.41, 5.74) is 10.2. The third-order valence-corrected chi connectivity index (χ3v) is 2.70. The monoisotopic (exact) mass is 241 g/mol. The highest BCUT2D eigenvalue weighted by molar-refractivity contribution is 5.80. The van der Waals surface area contributed by atoms with E-state index < -0.39 is 5.97 Å². The van der Waals surface area contributed by atoms with Crippen molar-refractivity contribution in [1.29, 1.82) is 0 Å². The lowest BCUT2D eigenvalue weighted by Crippen LogP contribution is -2.25. The van der Waals surface area contributed by atoms with Gasteiger partial charge in [-0.1, -0.05) is 19.9 Å². The smallest absolute Gasteiger partial charge is 0.327 e. The molecular weight excluding hydrogens is 218 g/mol. The fourth-order valence-corrected chi connectivity index (χ4v) is 1.26. The number of guanidine groups is 1. The molecule has 0 rings (SSSR count). The summed E-state index contributed by atoms with van der Waals surface area (Å²) in [5.74, 6) is 0.303. The molecule has 0 aromatic carbocycles. The van der Waals surface area contributed by atoms with Gasteiger partial charge in [-0.25, -0.2) is 4.99 Å². The SMILES string of the molecule is C=CCCC(C)C(C)COC(=O)CN=C(N)N. The molecule has 0 aromatic rings. The number of aliphatic imine (C=N–C) groups is 1. The molecule has 5 heteroatoms. The van der Waals surface area contributed by atoms with E-state index in [1.807, 2.05) is 6.08 Å². The minimum atomic E-state index is -0.402. The van der Waals surface area contributed by atoms with Gasteiger partial charge < -0.3 is 16.2 Å². The van der Waals surface area contributed by atoms with Crippen molar-refractivity contribution in [1.82, 2.24) is 0 Å². The number of ether oxygens (including phenoxy) is 1. The van der Waals surface area contributed by atoms with Crippen molar-refractivity contribution in [3.63, 3.8) is 0 Å². The van der Waals surface area contributed by atoms with Crippen molar-refractivity contribution < 1.29 is 9.53 Å². The second-order valence-corrected chi connectivity index (χ2v) is 4.24. The Bertz CT molecular complexity index is 273. The normalized spacial score (nSPS) is 13.5. The summed E-state index contributed by atoms with van der Waals surface area (Å²) in [5, 5.41) is 0. The lowest BCUT2D eigenvalue weighted by Gasteiger charge is -2.18. The van der Waals surface area contributed by atoms with E-state index in [1.165, 1.54) is 0 Å². The van der Waals surface area contributed by atoms with E-state index in [2.05, 4.69) is 25.4 Å². The number of carbonyl (C=O) groups excluding carboxylic acids is 1. The number of hydrogen-bond acceptors (Lipinski definition) is 3. The van der Waals surface area contributed by atoms with Gasteiger partial charge >= 0.3 is 5.97 Å². The quantitative estimate of drug-likeness (QED) is 0.287. The first-order valence-electron chi connectivity index (χ1n) is 5.79. The maximum absolute atomic E-state index is 11.2. The average molecular weight is 241 g/mol. The molecule has 0 heterocycles. The zero-order valence-electron chi connectivity index (χ0n) is 10.7. The molecule has 0 aliphatic carbocycles. The van der Waals surface area contributed by atoms with E-state index in [4.69, 9.17) is 16.2 Å². The fraction of sp³-hybridized carbons (Fsp3) is 0.667. The third-order valence-electron chi connectivity index (χ3n) is 2.70. The third kappa shape index (κ3) is 8.30. The number of nitrogens with zero attached hydrogens (tertiary/aromatic N) is 1. The highest BCUT2D eigenvalue weighted by Gasteiger charge is 2.13. The van der Waals surface area contributed by atoms with E-state index in [0.29, 0.717) is 18.4 Å². The molecule has 0 aliphatic rings. The predicted molar refractivity (Wildman–Crippen MR) is 69.4 cm³/mol. The Morgan fingerprint density at radius 2 is 2.06 bits per heavy atom. The molecule has 0 aromatic heterocycles. The van der Waals surface area contributed by atoms with Crippen LogP contribution in [0.5, 0.6) is 0 Å². The van der Waals surface area contributed by atoms with Crippen LogP contribution in [-0.4, -0.2) is 25.1 Å². The van der Waals surface area contributed by atoms with Gasteiger partial charge in [0.15, 0.2) is 5.96 Å². The Morgan fingerprint density at radius 1 is 1.41 bits per heavy atom. The lowest BCUT2D eigenvalue weighted by atomic mass is 9.92. The molecule has 4 N–H and O–H groups in total. The van der Waals surface area contributed by atoms with E-state index in [9.17, 15) is 4.79 Å². The topological polar surface area (TPSA) is 90.7 Å². The number of rotatable bonds is 8. The molecular formula is C12H23N3O2. The van der Waals surface area contributed by atoms with E-state index in [0.717, 1.165) is 12.8 Å². The number of esters is 1. The first kappa shape index (κ1) is 15.5. The molecule has 0 aliphatic heterocycles. The van der Waals surface area contributed by atoms with Crippen LogP contribution in [0, 0.1) is 11.8 Å².